The molecule has 0 heterocycles. The molecule has 2 aromatic rings. The van der Waals surface area contributed by atoms with Gasteiger partial charge in [-0.1, -0.05) is 12.1 Å². The zero-order valence-corrected chi connectivity index (χ0v) is 12.8. The van der Waals surface area contributed by atoms with E-state index in [-0.39, 0.29) is 11.7 Å². The summed E-state index contributed by atoms with van der Waals surface area (Å²) in [5.41, 5.74) is 1.13. The molecule has 0 aliphatic heterocycles. The number of rotatable bonds is 2. The summed E-state index contributed by atoms with van der Waals surface area (Å²) in [4.78, 5) is 12.0. The van der Waals surface area contributed by atoms with Gasteiger partial charge in [-0.05, 0) is 68.9 Å². The molecule has 0 saturated heterocycles. The molecule has 2 aromatic carbocycles. The van der Waals surface area contributed by atoms with Gasteiger partial charge in [-0.3, -0.25) is 4.79 Å². The van der Waals surface area contributed by atoms with Crippen molar-refractivity contribution in [3.05, 3.63) is 61.9 Å². The van der Waals surface area contributed by atoms with Gasteiger partial charge >= 0.3 is 0 Å². The standard InChI is InChI=1S/C13H8BrFINO/c14-10-3-1-2-4-12(10)17-13(18)9-6-5-8(15)7-11(9)16/h1-7H,(H,17,18). The van der Waals surface area contributed by atoms with Crippen molar-refractivity contribution >= 4 is 50.1 Å². The van der Waals surface area contributed by atoms with Crippen LogP contribution in [0.15, 0.2) is 46.9 Å². The van der Waals surface area contributed by atoms with Gasteiger partial charge in [-0.15, -0.1) is 0 Å². The maximum absolute atomic E-state index is 13.0. The van der Waals surface area contributed by atoms with Gasteiger partial charge in [-0.2, -0.15) is 0 Å². The van der Waals surface area contributed by atoms with Crippen molar-refractivity contribution < 1.29 is 9.18 Å². The Bertz CT molecular complexity index is 603. The second kappa shape index (κ2) is 5.79. The summed E-state index contributed by atoms with van der Waals surface area (Å²) in [6.07, 6.45) is 0. The molecular weight excluding hydrogens is 412 g/mol. The normalized spacial score (nSPS) is 10.2. The lowest BCUT2D eigenvalue weighted by molar-refractivity contribution is 0.102. The SMILES string of the molecule is O=C(Nc1ccccc1Br)c1ccc(F)cc1I. The first-order chi connectivity index (χ1) is 8.58. The number of benzene rings is 2. The van der Waals surface area contributed by atoms with Gasteiger partial charge in [0.1, 0.15) is 5.82 Å². The van der Waals surface area contributed by atoms with Crippen LogP contribution >= 0.6 is 38.5 Å². The molecule has 0 aliphatic rings. The number of nitrogens with one attached hydrogen (secondary N) is 1. The predicted molar refractivity (Wildman–Crippen MR) is 81.2 cm³/mol. The zero-order chi connectivity index (χ0) is 13.1. The quantitative estimate of drug-likeness (QED) is 0.716. The monoisotopic (exact) mass is 419 g/mol. The summed E-state index contributed by atoms with van der Waals surface area (Å²) in [5.74, 6) is -0.608. The molecular formula is C13H8BrFINO. The third-order valence-corrected chi connectivity index (χ3v) is 3.88. The van der Waals surface area contributed by atoms with E-state index in [4.69, 9.17) is 0 Å². The van der Waals surface area contributed by atoms with E-state index in [1.54, 1.807) is 6.07 Å². The van der Waals surface area contributed by atoms with Crippen molar-refractivity contribution in [2.45, 2.75) is 0 Å². The molecule has 18 heavy (non-hydrogen) atoms. The molecule has 2 rings (SSSR count). The van der Waals surface area contributed by atoms with E-state index in [0.717, 1.165) is 4.47 Å². The number of hydrogen-bond donors (Lipinski definition) is 1. The number of hydrogen-bond acceptors (Lipinski definition) is 1. The molecule has 0 aliphatic carbocycles. The lowest BCUT2D eigenvalue weighted by Crippen LogP contribution is -2.13. The molecule has 0 spiro atoms. The van der Waals surface area contributed by atoms with Gasteiger partial charge in [-0.25, -0.2) is 4.39 Å². The summed E-state index contributed by atoms with van der Waals surface area (Å²) in [5, 5.41) is 2.77. The summed E-state index contributed by atoms with van der Waals surface area (Å²) < 4.78 is 14.3. The van der Waals surface area contributed by atoms with E-state index >= 15 is 0 Å². The average molecular weight is 420 g/mol. The molecule has 92 valence electrons. The Morgan fingerprint density at radius 3 is 2.61 bits per heavy atom. The van der Waals surface area contributed by atoms with Crippen LogP contribution in [-0.2, 0) is 0 Å². The molecule has 2 nitrogen and oxygen atoms in total. The topological polar surface area (TPSA) is 29.1 Å². The van der Waals surface area contributed by atoms with Crippen molar-refractivity contribution in [1.82, 2.24) is 0 Å². The second-order valence-electron chi connectivity index (χ2n) is 3.56. The number of anilines is 1. The van der Waals surface area contributed by atoms with Gasteiger partial charge in [0.05, 0.1) is 11.3 Å². The van der Waals surface area contributed by atoms with E-state index < -0.39 is 0 Å². The Morgan fingerprint density at radius 2 is 1.94 bits per heavy atom. The fourth-order valence-electron chi connectivity index (χ4n) is 1.43. The molecule has 1 amide bonds. The Labute approximate surface area is 126 Å². The van der Waals surface area contributed by atoms with Crippen molar-refractivity contribution in [1.29, 1.82) is 0 Å². The predicted octanol–water partition coefficient (Wildman–Crippen LogP) is 4.45. The zero-order valence-electron chi connectivity index (χ0n) is 9.08. The van der Waals surface area contributed by atoms with E-state index in [0.29, 0.717) is 14.8 Å². The molecule has 0 fully saturated rings. The first kappa shape index (κ1) is 13.5. The third kappa shape index (κ3) is 3.08. The molecule has 0 unspecified atom stereocenters. The molecule has 0 radical (unpaired) electrons. The van der Waals surface area contributed by atoms with Crippen LogP contribution in [0.25, 0.3) is 0 Å². The fourth-order valence-corrected chi connectivity index (χ4v) is 2.53. The highest BCUT2D eigenvalue weighted by molar-refractivity contribution is 14.1. The first-order valence-electron chi connectivity index (χ1n) is 5.09. The van der Waals surface area contributed by atoms with Crippen LogP contribution in [-0.4, -0.2) is 5.91 Å². The van der Waals surface area contributed by atoms with Crippen LogP contribution in [0.2, 0.25) is 0 Å². The van der Waals surface area contributed by atoms with Crippen molar-refractivity contribution in [3.63, 3.8) is 0 Å². The largest absolute Gasteiger partial charge is 0.321 e. The fraction of sp³-hybridized carbons (Fsp3) is 0. The molecule has 1 N–H and O–H groups in total. The van der Waals surface area contributed by atoms with Crippen molar-refractivity contribution in [2.75, 3.05) is 5.32 Å². The summed E-state index contributed by atoms with van der Waals surface area (Å²) in [6, 6.07) is 11.4. The van der Waals surface area contributed by atoms with Gasteiger partial charge < -0.3 is 5.32 Å². The maximum Gasteiger partial charge on any atom is 0.256 e. The Balaban J connectivity index is 2.25. The van der Waals surface area contributed by atoms with E-state index in [1.165, 1.54) is 18.2 Å². The number of halogens is 3. The van der Waals surface area contributed by atoms with Crippen LogP contribution in [0.1, 0.15) is 10.4 Å². The maximum atomic E-state index is 13.0. The number of carbonyl (C=O) groups is 1. The minimum Gasteiger partial charge on any atom is -0.321 e. The van der Waals surface area contributed by atoms with Crippen LogP contribution < -0.4 is 5.32 Å². The molecule has 0 atom stereocenters. The highest BCUT2D eigenvalue weighted by atomic mass is 127. The van der Waals surface area contributed by atoms with Crippen LogP contribution in [0, 0.1) is 9.39 Å². The Kier molecular flexibility index (Phi) is 4.34. The Hall–Kier alpha value is -0.950. The van der Waals surface area contributed by atoms with Gasteiger partial charge in [0.15, 0.2) is 0 Å². The van der Waals surface area contributed by atoms with Crippen LogP contribution in [0.5, 0.6) is 0 Å². The number of carbonyl (C=O) groups excluding carboxylic acids is 1. The van der Waals surface area contributed by atoms with E-state index in [2.05, 4.69) is 21.2 Å². The smallest absolute Gasteiger partial charge is 0.256 e. The highest BCUT2D eigenvalue weighted by Crippen LogP contribution is 2.23. The summed E-state index contributed by atoms with van der Waals surface area (Å²) in [7, 11) is 0. The molecule has 5 heteroatoms. The van der Waals surface area contributed by atoms with Gasteiger partial charge in [0.25, 0.3) is 5.91 Å². The lowest BCUT2D eigenvalue weighted by Gasteiger charge is -2.08. The lowest BCUT2D eigenvalue weighted by atomic mass is 10.2. The van der Waals surface area contributed by atoms with Gasteiger partial charge in [0, 0.05) is 8.04 Å². The van der Waals surface area contributed by atoms with Crippen molar-refractivity contribution in [3.8, 4) is 0 Å². The summed E-state index contributed by atoms with van der Waals surface area (Å²) >= 11 is 5.29. The molecule has 0 bridgehead atoms. The molecule has 0 saturated carbocycles. The second-order valence-corrected chi connectivity index (χ2v) is 5.57. The van der Waals surface area contributed by atoms with Gasteiger partial charge in [0.2, 0.25) is 0 Å². The number of para-hydroxylation sites is 1. The van der Waals surface area contributed by atoms with E-state index in [1.807, 2.05) is 40.8 Å². The third-order valence-electron chi connectivity index (χ3n) is 2.30. The highest BCUT2D eigenvalue weighted by Gasteiger charge is 2.11. The van der Waals surface area contributed by atoms with Crippen LogP contribution in [0.4, 0.5) is 10.1 Å². The minimum absolute atomic E-state index is 0.258. The van der Waals surface area contributed by atoms with Crippen molar-refractivity contribution in [2.24, 2.45) is 0 Å². The minimum atomic E-state index is -0.350. The van der Waals surface area contributed by atoms with Crippen LogP contribution in [0.3, 0.4) is 0 Å². The Morgan fingerprint density at radius 1 is 1.22 bits per heavy atom. The van der Waals surface area contributed by atoms with E-state index in [9.17, 15) is 9.18 Å². The average Bonchev–Trinajstić information content (AvgIpc) is 2.32. The first-order valence-corrected chi connectivity index (χ1v) is 6.96. The summed E-state index contributed by atoms with van der Waals surface area (Å²) in [6.45, 7) is 0. The number of amides is 1. The molecule has 0 aromatic heterocycles.